The number of hydrogen-bond donors (Lipinski definition) is 5. The molecule has 0 saturated carbocycles. The van der Waals surface area contributed by atoms with E-state index in [4.69, 9.17) is 5.14 Å². The minimum atomic E-state index is -3.96. The van der Waals surface area contributed by atoms with Gasteiger partial charge >= 0.3 is 0 Å². The largest absolute Gasteiger partial charge is 0.261 e. The Morgan fingerprint density at radius 3 is 2.55 bits per heavy atom. The number of hydrogen-bond acceptors (Lipinski definition) is 7. The highest BCUT2D eigenvalue weighted by atomic mass is 32.2. The summed E-state index contributed by atoms with van der Waals surface area (Å²) in [7, 11) is -3.96. The van der Waals surface area contributed by atoms with Gasteiger partial charge in [0.2, 0.25) is 10.0 Å². The quantitative estimate of drug-likeness (QED) is 0.523. The predicted octanol–water partition coefficient (Wildman–Crippen LogP) is -0.349. The van der Waals surface area contributed by atoms with Gasteiger partial charge < -0.3 is 0 Å². The summed E-state index contributed by atoms with van der Waals surface area (Å²) >= 11 is 0. The van der Waals surface area contributed by atoms with Gasteiger partial charge in [-0.1, -0.05) is 12.1 Å². The van der Waals surface area contributed by atoms with Crippen molar-refractivity contribution < 1.29 is 12.8 Å². The molecule has 0 atom stereocenters. The van der Waals surface area contributed by atoms with Gasteiger partial charge in [0.1, 0.15) is 12.0 Å². The Kier molecular flexibility index (Phi) is 3.87. The predicted molar refractivity (Wildman–Crippen MR) is 76.3 cm³/mol. The van der Waals surface area contributed by atoms with E-state index in [0.717, 1.165) is 6.20 Å². The van der Waals surface area contributed by atoms with Gasteiger partial charge in [0.15, 0.2) is 0 Å². The maximum atomic E-state index is 13.4. The van der Waals surface area contributed by atoms with E-state index >= 15 is 0 Å². The molecule has 0 aliphatic carbocycles. The lowest BCUT2D eigenvalue weighted by atomic mass is 9.99. The van der Waals surface area contributed by atoms with Gasteiger partial charge in [0, 0.05) is 17.3 Å². The first-order valence-corrected chi connectivity index (χ1v) is 7.79. The molecule has 0 radical (unpaired) electrons. The van der Waals surface area contributed by atoms with Crippen LogP contribution in [0, 0.1) is 5.82 Å². The Morgan fingerprint density at radius 1 is 1.18 bits per heavy atom. The third kappa shape index (κ3) is 2.83. The molecule has 116 valence electrons. The van der Waals surface area contributed by atoms with Crippen LogP contribution in [0.2, 0.25) is 0 Å². The van der Waals surface area contributed by atoms with Gasteiger partial charge in [-0.2, -0.15) is 11.1 Å². The number of pyridine rings is 1. The molecule has 0 unspecified atom stereocenters. The highest BCUT2D eigenvalue weighted by Gasteiger charge is 2.27. The van der Waals surface area contributed by atoms with Crippen molar-refractivity contribution in [1.82, 2.24) is 26.9 Å². The van der Waals surface area contributed by atoms with Crippen LogP contribution in [0.3, 0.4) is 0 Å². The number of nitrogens with two attached hydrogens (primary N) is 1. The molecule has 1 fully saturated rings. The van der Waals surface area contributed by atoms with E-state index in [0.29, 0.717) is 16.7 Å². The molecule has 6 N–H and O–H groups in total. The molecule has 2 heterocycles. The second kappa shape index (κ2) is 5.68. The van der Waals surface area contributed by atoms with Crippen LogP contribution in [-0.4, -0.2) is 13.4 Å². The van der Waals surface area contributed by atoms with Crippen molar-refractivity contribution >= 4 is 10.0 Å². The maximum absolute atomic E-state index is 13.4. The number of rotatable bonds is 3. The zero-order valence-corrected chi connectivity index (χ0v) is 12.0. The molecular weight excluding hydrogens is 311 g/mol. The van der Waals surface area contributed by atoms with E-state index in [1.54, 1.807) is 12.1 Å². The van der Waals surface area contributed by atoms with E-state index in [1.807, 2.05) is 0 Å². The van der Waals surface area contributed by atoms with Gasteiger partial charge in [-0.15, -0.1) is 0 Å². The molecule has 1 aromatic heterocycles. The van der Waals surface area contributed by atoms with Crippen LogP contribution >= 0.6 is 0 Å². The zero-order chi connectivity index (χ0) is 15.7. The van der Waals surface area contributed by atoms with Crippen LogP contribution in [-0.2, 0) is 10.0 Å². The Hall–Kier alpha value is -1.95. The number of halogens is 1. The fourth-order valence-electron chi connectivity index (χ4n) is 2.30. The second-order valence-corrected chi connectivity index (χ2v) is 6.16. The number of benzene rings is 1. The van der Waals surface area contributed by atoms with E-state index in [1.165, 1.54) is 18.3 Å². The highest BCUT2D eigenvalue weighted by molar-refractivity contribution is 7.89. The zero-order valence-electron chi connectivity index (χ0n) is 11.2. The average Bonchev–Trinajstić information content (AvgIpc) is 2.99. The summed E-state index contributed by atoms with van der Waals surface area (Å²) in [5.41, 5.74) is 12.1. The fraction of sp³-hybridized carbons (Fsp3) is 0.0833. The van der Waals surface area contributed by atoms with Crippen molar-refractivity contribution in [3.8, 4) is 11.1 Å². The number of nitrogens with zero attached hydrogens (tertiary/aromatic N) is 1. The minimum absolute atomic E-state index is 0.0650. The molecule has 1 aliphatic rings. The molecule has 0 amide bonds. The van der Waals surface area contributed by atoms with Crippen molar-refractivity contribution in [2.45, 2.75) is 11.1 Å². The molecule has 0 spiro atoms. The standard InChI is InChI=1S/C12H13FN6O2S/c13-8-4-7(5-15-6-8)9-2-1-3-10(22(14,20)21)11(9)12-16-18-19-17-12/h1-6,12,16-19H,(H2,14,20,21). The Morgan fingerprint density at radius 2 is 1.91 bits per heavy atom. The molecule has 1 aliphatic heterocycles. The first-order chi connectivity index (χ1) is 10.5. The van der Waals surface area contributed by atoms with Crippen LogP contribution in [0.15, 0.2) is 41.6 Å². The number of nitrogens with one attached hydrogen (secondary N) is 4. The Labute approximate surface area is 125 Å². The van der Waals surface area contributed by atoms with Gasteiger partial charge in [-0.25, -0.2) is 28.8 Å². The van der Waals surface area contributed by atoms with Crippen molar-refractivity contribution in [2.75, 3.05) is 0 Å². The van der Waals surface area contributed by atoms with E-state index < -0.39 is 22.0 Å². The summed E-state index contributed by atoms with van der Waals surface area (Å²) in [5.74, 6) is -0.520. The lowest BCUT2D eigenvalue weighted by molar-refractivity contribution is 0.540. The van der Waals surface area contributed by atoms with Gasteiger partial charge in [0.25, 0.3) is 0 Å². The van der Waals surface area contributed by atoms with Gasteiger partial charge in [0.05, 0.1) is 11.1 Å². The monoisotopic (exact) mass is 324 g/mol. The van der Waals surface area contributed by atoms with Crippen LogP contribution in [0.4, 0.5) is 4.39 Å². The highest BCUT2D eigenvalue weighted by Crippen LogP contribution is 2.32. The molecule has 0 bridgehead atoms. The van der Waals surface area contributed by atoms with E-state index in [9.17, 15) is 12.8 Å². The number of aromatic nitrogens is 1. The fourth-order valence-corrected chi connectivity index (χ4v) is 3.10. The van der Waals surface area contributed by atoms with Crippen LogP contribution < -0.4 is 27.1 Å². The van der Waals surface area contributed by atoms with Crippen molar-refractivity contribution in [1.29, 1.82) is 0 Å². The number of primary sulfonamides is 1. The van der Waals surface area contributed by atoms with Crippen LogP contribution in [0.25, 0.3) is 11.1 Å². The third-order valence-corrected chi connectivity index (χ3v) is 4.14. The molecule has 1 aromatic carbocycles. The summed E-state index contributed by atoms with van der Waals surface area (Å²) in [6.45, 7) is 0. The lowest BCUT2D eigenvalue weighted by Crippen LogP contribution is -2.33. The first-order valence-electron chi connectivity index (χ1n) is 6.24. The minimum Gasteiger partial charge on any atom is -0.261 e. The van der Waals surface area contributed by atoms with Crippen LogP contribution in [0.1, 0.15) is 11.7 Å². The lowest BCUT2D eigenvalue weighted by Gasteiger charge is -2.18. The maximum Gasteiger partial charge on any atom is 0.238 e. The first kappa shape index (κ1) is 15.0. The number of sulfonamides is 1. The van der Waals surface area contributed by atoms with Crippen molar-refractivity contribution in [2.24, 2.45) is 5.14 Å². The number of hydrazine groups is 3. The Bertz CT molecular complexity index is 807. The van der Waals surface area contributed by atoms with E-state index in [-0.39, 0.29) is 4.90 Å². The molecule has 8 nitrogen and oxygen atoms in total. The summed E-state index contributed by atoms with van der Waals surface area (Å²) in [6, 6.07) is 5.87. The van der Waals surface area contributed by atoms with E-state index in [2.05, 4.69) is 26.9 Å². The van der Waals surface area contributed by atoms with Gasteiger partial charge in [-0.3, -0.25) is 4.98 Å². The smallest absolute Gasteiger partial charge is 0.238 e. The van der Waals surface area contributed by atoms with Crippen LogP contribution in [0.5, 0.6) is 0 Å². The average molecular weight is 324 g/mol. The molecule has 10 heteroatoms. The SMILES string of the molecule is NS(=O)(=O)c1cccc(-c2cncc(F)c2)c1C1NNNN1. The van der Waals surface area contributed by atoms with Crippen molar-refractivity contribution in [3.05, 3.63) is 48.0 Å². The molecule has 1 saturated heterocycles. The summed E-state index contributed by atoms with van der Waals surface area (Å²) in [6.07, 6.45) is 1.93. The molecule has 2 aromatic rings. The summed E-state index contributed by atoms with van der Waals surface area (Å²) in [4.78, 5) is 3.73. The second-order valence-electron chi connectivity index (χ2n) is 4.63. The topological polar surface area (TPSA) is 121 Å². The summed E-state index contributed by atoms with van der Waals surface area (Å²) < 4.78 is 37.1. The summed E-state index contributed by atoms with van der Waals surface area (Å²) in [5, 5.41) is 5.29. The molecule has 3 rings (SSSR count). The molecule has 22 heavy (non-hydrogen) atoms. The van der Waals surface area contributed by atoms with Crippen molar-refractivity contribution in [3.63, 3.8) is 0 Å². The Balaban J connectivity index is 2.25. The normalized spacial score (nSPS) is 16.1. The third-order valence-electron chi connectivity index (χ3n) is 3.17. The van der Waals surface area contributed by atoms with Gasteiger partial charge in [-0.05, 0) is 17.7 Å². The molecular formula is C12H13FN6O2S.